The number of hydrogen-bond acceptors (Lipinski definition) is 2. The second kappa shape index (κ2) is 3.78. The minimum Gasteiger partial charge on any atom is -0.330 e. The topological polar surface area (TPSA) is 26.0 Å². The van der Waals surface area contributed by atoms with Gasteiger partial charge in [0, 0.05) is 11.4 Å². The molecule has 0 aliphatic rings. The summed E-state index contributed by atoms with van der Waals surface area (Å²) in [7, 11) is 0. The Morgan fingerprint density at radius 1 is 1.55 bits per heavy atom. The number of halogens is 2. The molecule has 1 unspecified atom stereocenters. The van der Waals surface area contributed by atoms with Crippen LogP contribution in [0.1, 0.15) is 10.8 Å². The van der Waals surface area contributed by atoms with E-state index in [0.29, 0.717) is 4.88 Å². The molecule has 0 aliphatic carbocycles. The van der Waals surface area contributed by atoms with Crippen LogP contribution >= 0.6 is 11.3 Å². The largest absolute Gasteiger partial charge is 0.330 e. The standard InChI is InChI=1S/C7H9F2NS/c8-7(9)5(4-10)6-2-1-3-11-6/h1-3,5,7H,4,10H2. The molecule has 0 amide bonds. The van der Waals surface area contributed by atoms with E-state index >= 15 is 0 Å². The number of thiophene rings is 1. The molecule has 1 heterocycles. The van der Waals surface area contributed by atoms with Gasteiger partial charge in [-0.25, -0.2) is 8.78 Å². The summed E-state index contributed by atoms with van der Waals surface area (Å²) in [5, 5.41) is 1.78. The minimum absolute atomic E-state index is 0.0121. The van der Waals surface area contributed by atoms with Crippen LogP contribution in [-0.2, 0) is 0 Å². The van der Waals surface area contributed by atoms with Crippen LogP contribution in [-0.4, -0.2) is 13.0 Å². The third-order valence-corrected chi connectivity index (χ3v) is 2.47. The molecule has 1 aromatic heterocycles. The molecule has 4 heteroatoms. The van der Waals surface area contributed by atoms with Crippen LogP contribution in [0, 0.1) is 0 Å². The van der Waals surface area contributed by atoms with E-state index in [1.54, 1.807) is 17.5 Å². The van der Waals surface area contributed by atoms with Crippen LogP contribution in [0.5, 0.6) is 0 Å². The van der Waals surface area contributed by atoms with Crippen molar-refractivity contribution < 1.29 is 8.78 Å². The van der Waals surface area contributed by atoms with Gasteiger partial charge in [0.25, 0.3) is 0 Å². The lowest BCUT2D eigenvalue weighted by Crippen LogP contribution is -2.18. The molecular formula is C7H9F2NS. The highest BCUT2D eigenvalue weighted by molar-refractivity contribution is 7.10. The lowest BCUT2D eigenvalue weighted by Gasteiger charge is -2.10. The van der Waals surface area contributed by atoms with E-state index in [1.807, 2.05) is 0 Å². The fourth-order valence-corrected chi connectivity index (χ4v) is 1.69. The van der Waals surface area contributed by atoms with Gasteiger partial charge in [-0.3, -0.25) is 0 Å². The number of hydrogen-bond donors (Lipinski definition) is 1. The Bertz CT molecular complexity index is 198. The summed E-state index contributed by atoms with van der Waals surface area (Å²) in [5.41, 5.74) is 5.19. The molecular weight excluding hydrogens is 168 g/mol. The monoisotopic (exact) mass is 177 g/mol. The third-order valence-electron chi connectivity index (χ3n) is 1.47. The van der Waals surface area contributed by atoms with E-state index in [2.05, 4.69) is 0 Å². The van der Waals surface area contributed by atoms with Gasteiger partial charge < -0.3 is 5.73 Å². The molecule has 1 aromatic rings. The highest BCUT2D eigenvalue weighted by Gasteiger charge is 2.20. The van der Waals surface area contributed by atoms with Crippen molar-refractivity contribution in [3.05, 3.63) is 22.4 Å². The van der Waals surface area contributed by atoms with Crippen molar-refractivity contribution in [1.82, 2.24) is 0 Å². The van der Waals surface area contributed by atoms with Crippen molar-refractivity contribution in [1.29, 1.82) is 0 Å². The minimum atomic E-state index is -2.35. The maximum atomic E-state index is 12.2. The van der Waals surface area contributed by atoms with E-state index in [1.165, 1.54) is 11.3 Å². The third kappa shape index (κ3) is 1.97. The second-order valence-electron chi connectivity index (χ2n) is 2.19. The smallest absolute Gasteiger partial charge is 0.247 e. The Labute approximate surface area is 67.8 Å². The number of rotatable bonds is 3. The molecule has 0 spiro atoms. The maximum absolute atomic E-state index is 12.2. The Hall–Kier alpha value is -0.480. The molecule has 0 radical (unpaired) electrons. The number of alkyl halides is 2. The SMILES string of the molecule is NCC(c1cccs1)C(F)F. The Morgan fingerprint density at radius 2 is 2.27 bits per heavy atom. The van der Waals surface area contributed by atoms with E-state index < -0.39 is 12.3 Å². The fourth-order valence-electron chi connectivity index (χ4n) is 0.845. The molecule has 11 heavy (non-hydrogen) atoms. The van der Waals surface area contributed by atoms with Crippen LogP contribution in [0.3, 0.4) is 0 Å². The summed E-state index contributed by atoms with van der Waals surface area (Å²) in [4.78, 5) is 0.669. The summed E-state index contributed by atoms with van der Waals surface area (Å²) in [6.45, 7) is 0.0121. The second-order valence-corrected chi connectivity index (χ2v) is 3.17. The first-order valence-electron chi connectivity index (χ1n) is 3.27. The normalized spacial score (nSPS) is 13.8. The van der Waals surface area contributed by atoms with Crippen molar-refractivity contribution in [2.75, 3.05) is 6.54 Å². The van der Waals surface area contributed by atoms with E-state index in [0.717, 1.165) is 0 Å². The Kier molecular flexibility index (Phi) is 2.96. The zero-order valence-electron chi connectivity index (χ0n) is 5.84. The lowest BCUT2D eigenvalue weighted by molar-refractivity contribution is 0.118. The van der Waals surface area contributed by atoms with Gasteiger partial charge >= 0.3 is 0 Å². The molecule has 1 nitrogen and oxygen atoms in total. The zero-order valence-corrected chi connectivity index (χ0v) is 6.65. The Balaban J connectivity index is 2.71. The average Bonchev–Trinajstić information content (AvgIpc) is 2.40. The van der Waals surface area contributed by atoms with Crippen LogP contribution in [0.15, 0.2) is 17.5 Å². The molecule has 0 aliphatic heterocycles. The van der Waals surface area contributed by atoms with Crippen LogP contribution in [0.4, 0.5) is 8.78 Å². The number of nitrogens with two attached hydrogens (primary N) is 1. The summed E-state index contributed by atoms with van der Waals surface area (Å²) in [6, 6.07) is 3.44. The zero-order chi connectivity index (χ0) is 8.27. The van der Waals surface area contributed by atoms with Crippen molar-refractivity contribution in [2.45, 2.75) is 12.3 Å². The van der Waals surface area contributed by atoms with E-state index in [9.17, 15) is 8.78 Å². The van der Waals surface area contributed by atoms with Gasteiger partial charge in [-0.15, -0.1) is 11.3 Å². The van der Waals surface area contributed by atoms with Crippen molar-refractivity contribution in [3.63, 3.8) is 0 Å². The molecule has 0 saturated carbocycles. The maximum Gasteiger partial charge on any atom is 0.247 e. The summed E-state index contributed by atoms with van der Waals surface area (Å²) < 4.78 is 24.4. The highest BCUT2D eigenvalue weighted by atomic mass is 32.1. The molecule has 0 aromatic carbocycles. The molecule has 1 rings (SSSR count). The van der Waals surface area contributed by atoms with Crippen LogP contribution in [0.25, 0.3) is 0 Å². The van der Waals surface area contributed by atoms with Gasteiger partial charge in [0.2, 0.25) is 6.43 Å². The first kappa shape index (κ1) is 8.62. The quantitative estimate of drug-likeness (QED) is 0.751. The summed E-state index contributed by atoms with van der Waals surface area (Å²) >= 11 is 1.32. The average molecular weight is 177 g/mol. The highest BCUT2D eigenvalue weighted by Crippen LogP contribution is 2.25. The molecule has 2 N–H and O–H groups in total. The predicted octanol–water partition coefficient (Wildman–Crippen LogP) is 2.06. The van der Waals surface area contributed by atoms with Crippen molar-refractivity contribution >= 4 is 11.3 Å². The molecule has 1 atom stereocenters. The van der Waals surface area contributed by atoms with E-state index in [-0.39, 0.29) is 6.54 Å². The predicted molar refractivity (Wildman–Crippen MR) is 42.1 cm³/mol. The van der Waals surface area contributed by atoms with Gasteiger partial charge in [0.15, 0.2) is 0 Å². The van der Waals surface area contributed by atoms with Crippen molar-refractivity contribution in [3.8, 4) is 0 Å². The molecule has 62 valence electrons. The lowest BCUT2D eigenvalue weighted by atomic mass is 10.1. The van der Waals surface area contributed by atoms with Crippen LogP contribution in [0.2, 0.25) is 0 Å². The fraction of sp³-hybridized carbons (Fsp3) is 0.429. The van der Waals surface area contributed by atoms with Gasteiger partial charge in [-0.2, -0.15) is 0 Å². The first-order valence-corrected chi connectivity index (χ1v) is 4.15. The molecule has 0 saturated heterocycles. The summed E-state index contributed by atoms with van der Waals surface area (Å²) in [6.07, 6.45) is -2.35. The first-order chi connectivity index (χ1) is 5.25. The summed E-state index contributed by atoms with van der Waals surface area (Å²) in [5.74, 6) is -0.782. The Morgan fingerprint density at radius 3 is 2.64 bits per heavy atom. The van der Waals surface area contributed by atoms with Crippen LogP contribution < -0.4 is 5.73 Å². The van der Waals surface area contributed by atoms with Gasteiger partial charge in [0.1, 0.15) is 0 Å². The van der Waals surface area contributed by atoms with Gasteiger partial charge in [-0.1, -0.05) is 6.07 Å². The van der Waals surface area contributed by atoms with Crippen molar-refractivity contribution in [2.24, 2.45) is 5.73 Å². The van der Waals surface area contributed by atoms with Gasteiger partial charge in [0.05, 0.1) is 5.92 Å². The molecule has 0 bridgehead atoms. The molecule has 0 fully saturated rings. The van der Waals surface area contributed by atoms with E-state index in [4.69, 9.17) is 5.73 Å². The van der Waals surface area contributed by atoms with Gasteiger partial charge in [-0.05, 0) is 11.4 Å².